The molecular formula is C24H27ClN4O3. The number of halogens is 1. The predicted octanol–water partition coefficient (Wildman–Crippen LogP) is 3.72. The first-order chi connectivity index (χ1) is 15.5. The highest BCUT2D eigenvalue weighted by molar-refractivity contribution is 6.32. The summed E-state index contributed by atoms with van der Waals surface area (Å²) in [7, 11) is 2.17. The molecule has 8 heteroatoms. The highest BCUT2D eigenvalue weighted by Gasteiger charge is 2.27. The number of piperazine rings is 1. The SMILES string of the molecule is CN1CCN(c2ccc(CN3CCc4noc(-c5cc(Cl)c(O)cc5O)c4C3)cc2)CC1. The van der Waals surface area contributed by atoms with Crippen molar-refractivity contribution in [3.05, 3.63) is 58.2 Å². The maximum atomic E-state index is 10.3. The van der Waals surface area contributed by atoms with Crippen LogP contribution in [0.25, 0.3) is 11.3 Å². The summed E-state index contributed by atoms with van der Waals surface area (Å²) in [5.41, 5.74) is 4.86. The van der Waals surface area contributed by atoms with Gasteiger partial charge in [0, 0.05) is 69.6 Å². The van der Waals surface area contributed by atoms with Crippen molar-refractivity contribution in [3.8, 4) is 22.8 Å². The monoisotopic (exact) mass is 454 g/mol. The standard InChI is InChI=1S/C24H27ClN4O3/c1-27-8-10-29(11-9-27)17-4-2-16(3-5-17)14-28-7-6-21-19(15-28)24(32-26-21)18-12-20(25)23(31)13-22(18)30/h2-5,12-13,30-31H,6-11,14-15H2,1H3. The van der Waals surface area contributed by atoms with Crippen molar-refractivity contribution in [1.29, 1.82) is 0 Å². The molecule has 3 aromatic rings. The number of aromatic hydroxyl groups is 2. The van der Waals surface area contributed by atoms with Crippen LogP contribution < -0.4 is 4.90 Å². The molecule has 7 nitrogen and oxygen atoms in total. The zero-order valence-corrected chi connectivity index (χ0v) is 18.8. The largest absolute Gasteiger partial charge is 0.507 e. The Labute approximate surface area is 192 Å². The van der Waals surface area contributed by atoms with Gasteiger partial charge in [-0.15, -0.1) is 0 Å². The molecule has 0 aliphatic carbocycles. The molecule has 32 heavy (non-hydrogen) atoms. The van der Waals surface area contributed by atoms with Crippen LogP contribution in [0.2, 0.25) is 5.02 Å². The first kappa shape index (κ1) is 21.1. The van der Waals surface area contributed by atoms with Gasteiger partial charge < -0.3 is 24.5 Å². The first-order valence-corrected chi connectivity index (χ1v) is 11.3. The number of anilines is 1. The number of phenolic OH excluding ortho intramolecular Hbond substituents is 2. The topological polar surface area (TPSA) is 76.2 Å². The second kappa shape index (κ2) is 8.65. The minimum Gasteiger partial charge on any atom is -0.507 e. The maximum Gasteiger partial charge on any atom is 0.175 e. The number of benzene rings is 2. The number of fused-ring (bicyclic) bond motifs is 1. The minimum absolute atomic E-state index is 0.0810. The summed E-state index contributed by atoms with van der Waals surface area (Å²) < 4.78 is 5.58. The lowest BCUT2D eigenvalue weighted by atomic mass is 10.0. The number of hydrogen-bond acceptors (Lipinski definition) is 7. The van der Waals surface area contributed by atoms with Crippen LogP contribution >= 0.6 is 11.6 Å². The van der Waals surface area contributed by atoms with Gasteiger partial charge in [0.05, 0.1) is 16.3 Å². The highest BCUT2D eigenvalue weighted by atomic mass is 35.5. The van der Waals surface area contributed by atoms with Crippen LogP contribution in [0.3, 0.4) is 0 Å². The number of likely N-dealkylation sites (N-methyl/N-ethyl adjacent to an activating group) is 1. The number of hydrogen-bond donors (Lipinski definition) is 2. The van der Waals surface area contributed by atoms with Gasteiger partial charge in [-0.1, -0.05) is 28.9 Å². The average molecular weight is 455 g/mol. The van der Waals surface area contributed by atoms with Gasteiger partial charge in [0.1, 0.15) is 11.5 Å². The van der Waals surface area contributed by atoms with E-state index in [1.807, 2.05) is 0 Å². The Kier molecular flexibility index (Phi) is 5.71. The summed E-state index contributed by atoms with van der Waals surface area (Å²) in [4.78, 5) is 7.16. The van der Waals surface area contributed by atoms with E-state index in [-0.39, 0.29) is 16.5 Å². The lowest BCUT2D eigenvalue weighted by Gasteiger charge is -2.34. The van der Waals surface area contributed by atoms with Crippen LogP contribution in [-0.2, 0) is 19.5 Å². The summed E-state index contributed by atoms with van der Waals surface area (Å²) in [6.45, 7) is 6.72. The number of phenols is 2. The van der Waals surface area contributed by atoms with E-state index >= 15 is 0 Å². The zero-order valence-electron chi connectivity index (χ0n) is 18.1. The molecule has 2 aliphatic heterocycles. The first-order valence-electron chi connectivity index (χ1n) is 10.9. The lowest BCUT2D eigenvalue weighted by molar-refractivity contribution is 0.245. The van der Waals surface area contributed by atoms with Crippen molar-refractivity contribution in [2.24, 2.45) is 0 Å². The Morgan fingerprint density at radius 3 is 2.50 bits per heavy atom. The van der Waals surface area contributed by atoms with Crippen molar-refractivity contribution >= 4 is 17.3 Å². The maximum absolute atomic E-state index is 10.3. The van der Waals surface area contributed by atoms with E-state index in [1.54, 1.807) is 0 Å². The third-order valence-electron chi connectivity index (χ3n) is 6.44. The quantitative estimate of drug-likeness (QED) is 0.622. The van der Waals surface area contributed by atoms with Gasteiger partial charge in [-0.05, 0) is 30.8 Å². The second-order valence-corrected chi connectivity index (χ2v) is 9.08. The van der Waals surface area contributed by atoms with Crippen LogP contribution in [0.15, 0.2) is 40.9 Å². The molecule has 5 rings (SSSR count). The molecule has 168 valence electrons. The Balaban J connectivity index is 1.30. The van der Waals surface area contributed by atoms with Gasteiger partial charge in [-0.25, -0.2) is 0 Å². The van der Waals surface area contributed by atoms with Crippen LogP contribution in [0.1, 0.15) is 16.8 Å². The van der Waals surface area contributed by atoms with Crippen molar-refractivity contribution in [2.75, 3.05) is 44.7 Å². The lowest BCUT2D eigenvalue weighted by Crippen LogP contribution is -2.44. The van der Waals surface area contributed by atoms with E-state index in [0.717, 1.165) is 56.9 Å². The van der Waals surface area contributed by atoms with Gasteiger partial charge in [0.25, 0.3) is 0 Å². The molecule has 0 amide bonds. The number of rotatable bonds is 4. The second-order valence-electron chi connectivity index (χ2n) is 8.68. The molecule has 0 saturated carbocycles. The fourth-order valence-electron chi connectivity index (χ4n) is 4.48. The molecule has 1 fully saturated rings. The molecule has 0 unspecified atom stereocenters. The van der Waals surface area contributed by atoms with E-state index in [2.05, 4.69) is 51.2 Å². The van der Waals surface area contributed by atoms with E-state index < -0.39 is 0 Å². The molecule has 2 aliphatic rings. The van der Waals surface area contributed by atoms with Crippen LogP contribution in [-0.4, -0.2) is 64.9 Å². The molecule has 1 aromatic heterocycles. The Bertz CT molecular complexity index is 1110. The Morgan fingerprint density at radius 1 is 1.00 bits per heavy atom. The average Bonchev–Trinajstić information content (AvgIpc) is 3.20. The van der Waals surface area contributed by atoms with E-state index in [1.165, 1.54) is 23.4 Å². The molecular weight excluding hydrogens is 428 g/mol. The summed E-state index contributed by atoms with van der Waals surface area (Å²) in [6, 6.07) is 11.6. The normalized spacial score (nSPS) is 17.5. The number of aromatic nitrogens is 1. The molecule has 0 atom stereocenters. The summed E-state index contributed by atoms with van der Waals surface area (Å²) in [6.07, 6.45) is 0.783. The van der Waals surface area contributed by atoms with E-state index in [4.69, 9.17) is 16.1 Å². The Morgan fingerprint density at radius 2 is 1.75 bits per heavy atom. The summed E-state index contributed by atoms with van der Waals surface area (Å²) in [5, 5.41) is 24.4. The van der Waals surface area contributed by atoms with Crippen molar-refractivity contribution < 1.29 is 14.7 Å². The van der Waals surface area contributed by atoms with Crippen LogP contribution in [0.4, 0.5) is 5.69 Å². The summed E-state index contributed by atoms with van der Waals surface area (Å²) >= 11 is 6.06. The van der Waals surface area contributed by atoms with E-state index in [9.17, 15) is 10.2 Å². The Hall–Kier alpha value is -2.74. The van der Waals surface area contributed by atoms with Crippen molar-refractivity contribution in [2.45, 2.75) is 19.5 Å². The molecule has 0 bridgehead atoms. The highest BCUT2D eigenvalue weighted by Crippen LogP contribution is 2.40. The number of nitrogens with zero attached hydrogens (tertiary/aromatic N) is 4. The molecule has 2 N–H and O–H groups in total. The third kappa shape index (κ3) is 4.16. The molecule has 2 aromatic carbocycles. The van der Waals surface area contributed by atoms with Gasteiger partial charge in [0.15, 0.2) is 5.76 Å². The predicted molar refractivity (Wildman–Crippen MR) is 124 cm³/mol. The van der Waals surface area contributed by atoms with Gasteiger partial charge in [-0.2, -0.15) is 0 Å². The third-order valence-corrected chi connectivity index (χ3v) is 6.74. The molecule has 3 heterocycles. The van der Waals surface area contributed by atoms with Crippen molar-refractivity contribution in [1.82, 2.24) is 15.0 Å². The summed E-state index contributed by atoms with van der Waals surface area (Å²) in [5.74, 6) is 0.264. The molecule has 0 radical (unpaired) electrons. The smallest absolute Gasteiger partial charge is 0.175 e. The molecule has 1 saturated heterocycles. The van der Waals surface area contributed by atoms with Gasteiger partial charge >= 0.3 is 0 Å². The van der Waals surface area contributed by atoms with Gasteiger partial charge in [0.2, 0.25) is 0 Å². The van der Waals surface area contributed by atoms with E-state index in [0.29, 0.717) is 17.9 Å². The van der Waals surface area contributed by atoms with Crippen LogP contribution in [0, 0.1) is 0 Å². The van der Waals surface area contributed by atoms with Crippen LogP contribution in [0.5, 0.6) is 11.5 Å². The van der Waals surface area contributed by atoms with Gasteiger partial charge in [-0.3, -0.25) is 4.90 Å². The zero-order chi connectivity index (χ0) is 22.2. The fourth-order valence-corrected chi connectivity index (χ4v) is 4.65. The molecule has 0 spiro atoms. The fraction of sp³-hybridized carbons (Fsp3) is 0.375. The minimum atomic E-state index is -0.164. The van der Waals surface area contributed by atoms with Crippen molar-refractivity contribution in [3.63, 3.8) is 0 Å².